The van der Waals surface area contributed by atoms with Crippen molar-refractivity contribution in [2.45, 2.75) is 51.8 Å². The van der Waals surface area contributed by atoms with Gasteiger partial charge in [0.2, 0.25) is 5.91 Å². The SMILES string of the molecule is CC(C)Cc1oc(=O)oc1COC(=O)c1cccc2c1OB(O)[C@@H](NC(=O)CC(F)(F)F)C2. The maximum absolute atomic E-state index is 12.6. The highest BCUT2D eigenvalue weighted by atomic mass is 19.4. The molecule has 0 aliphatic carbocycles. The molecule has 2 N–H and O–H groups in total. The molecule has 9 nitrogen and oxygen atoms in total. The van der Waals surface area contributed by atoms with Crippen LogP contribution >= 0.6 is 0 Å². The van der Waals surface area contributed by atoms with Crippen LogP contribution in [0, 0.1) is 5.92 Å². The summed E-state index contributed by atoms with van der Waals surface area (Å²) in [5.74, 6) is -3.75. The van der Waals surface area contributed by atoms with E-state index in [1.165, 1.54) is 18.2 Å². The Morgan fingerprint density at radius 1 is 1.27 bits per heavy atom. The van der Waals surface area contributed by atoms with Gasteiger partial charge in [0.05, 0.1) is 5.94 Å². The van der Waals surface area contributed by atoms with E-state index in [1.54, 1.807) is 0 Å². The van der Waals surface area contributed by atoms with Crippen molar-refractivity contribution in [2.75, 3.05) is 0 Å². The van der Waals surface area contributed by atoms with Gasteiger partial charge in [0, 0.05) is 6.42 Å². The Labute approximate surface area is 186 Å². The summed E-state index contributed by atoms with van der Waals surface area (Å²) in [7, 11) is -1.69. The number of halogens is 3. The fraction of sp³-hybridized carbons (Fsp3) is 0.450. The topological polar surface area (TPSA) is 128 Å². The van der Waals surface area contributed by atoms with Crippen molar-refractivity contribution in [1.82, 2.24) is 5.32 Å². The number of nitrogens with one attached hydrogen (secondary N) is 1. The molecule has 1 aromatic heterocycles. The minimum Gasteiger partial charge on any atom is -0.534 e. The summed E-state index contributed by atoms with van der Waals surface area (Å²) < 4.78 is 57.6. The number of carbonyl (C=O) groups excluding carboxylic acids is 2. The Morgan fingerprint density at radius 2 is 1.97 bits per heavy atom. The van der Waals surface area contributed by atoms with Crippen molar-refractivity contribution >= 4 is 19.0 Å². The van der Waals surface area contributed by atoms with Gasteiger partial charge < -0.3 is 28.6 Å². The van der Waals surface area contributed by atoms with Gasteiger partial charge in [-0.1, -0.05) is 26.0 Å². The molecule has 1 aliphatic rings. The summed E-state index contributed by atoms with van der Waals surface area (Å²) in [6, 6.07) is 4.40. The van der Waals surface area contributed by atoms with Crippen molar-refractivity contribution in [3.05, 3.63) is 51.5 Å². The first kappa shape index (κ1) is 24.4. The maximum atomic E-state index is 12.6. The van der Waals surface area contributed by atoms with Crippen molar-refractivity contribution in [3.63, 3.8) is 0 Å². The van der Waals surface area contributed by atoms with E-state index < -0.39 is 43.4 Å². The molecule has 0 bridgehead atoms. The summed E-state index contributed by atoms with van der Waals surface area (Å²) >= 11 is 0. The zero-order valence-corrected chi connectivity index (χ0v) is 17.7. The normalized spacial score (nSPS) is 15.7. The van der Waals surface area contributed by atoms with Crippen molar-refractivity contribution in [1.29, 1.82) is 0 Å². The lowest BCUT2D eigenvalue weighted by Crippen LogP contribution is -2.53. The fourth-order valence-electron chi connectivity index (χ4n) is 3.33. The molecule has 178 valence electrons. The largest absolute Gasteiger partial charge is 0.547 e. The molecule has 1 amide bonds. The lowest BCUT2D eigenvalue weighted by molar-refractivity contribution is -0.154. The Balaban J connectivity index is 1.70. The molecule has 33 heavy (non-hydrogen) atoms. The molecule has 0 saturated carbocycles. The number of para-hydroxylation sites is 1. The Hall–Kier alpha value is -3.22. The molecule has 13 heteroatoms. The number of fused-ring (bicyclic) bond motifs is 1. The summed E-state index contributed by atoms with van der Waals surface area (Å²) in [5, 5.41) is 12.3. The summed E-state index contributed by atoms with van der Waals surface area (Å²) in [6.07, 6.45) is -6.06. The predicted octanol–water partition coefficient (Wildman–Crippen LogP) is 2.18. The van der Waals surface area contributed by atoms with Crippen LogP contribution in [0.3, 0.4) is 0 Å². The zero-order chi connectivity index (χ0) is 24.3. The van der Waals surface area contributed by atoms with Crippen LogP contribution in [0.5, 0.6) is 5.75 Å². The first-order chi connectivity index (χ1) is 15.4. The van der Waals surface area contributed by atoms with Crippen molar-refractivity contribution < 1.29 is 46.0 Å². The minimum atomic E-state index is -4.69. The van der Waals surface area contributed by atoms with E-state index in [0.29, 0.717) is 12.0 Å². The predicted molar refractivity (Wildman–Crippen MR) is 106 cm³/mol. The van der Waals surface area contributed by atoms with Crippen LogP contribution in [0.25, 0.3) is 0 Å². The minimum absolute atomic E-state index is 0.0210. The van der Waals surface area contributed by atoms with Gasteiger partial charge in [-0.15, -0.1) is 0 Å². The van der Waals surface area contributed by atoms with Crippen LogP contribution in [0.4, 0.5) is 13.2 Å². The van der Waals surface area contributed by atoms with Crippen molar-refractivity contribution in [3.8, 4) is 5.75 Å². The molecule has 0 unspecified atom stereocenters. The zero-order valence-electron chi connectivity index (χ0n) is 17.7. The molecular weight excluding hydrogens is 450 g/mol. The molecule has 1 aromatic carbocycles. The van der Waals surface area contributed by atoms with Crippen molar-refractivity contribution in [2.24, 2.45) is 5.92 Å². The average Bonchev–Trinajstić information content (AvgIpc) is 3.03. The summed E-state index contributed by atoms with van der Waals surface area (Å²) in [6.45, 7) is 3.43. The smallest absolute Gasteiger partial charge is 0.534 e. The second-order valence-corrected chi connectivity index (χ2v) is 7.95. The van der Waals surface area contributed by atoms with Crippen LogP contribution in [-0.2, 0) is 29.0 Å². The lowest BCUT2D eigenvalue weighted by Gasteiger charge is -2.29. The number of hydrogen-bond donors (Lipinski definition) is 2. The molecule has 2 heterocycles. The molecule has 0 saturated heterocycles. The first-order valence-electron chi connectivity index (χ1n) is 10.0. The summed E-state index contributed by atoms with van der Waals surface area (Å²) in [4.78, 5) is 35.6. The molecule has 0 spiro atoms. The number of carbonyl (C=O) groups is 2. The number of alkyl halides is 3. The van der Waals surface area contributed by atoms with Crippen LogP contribution in [0.2, 0.25) is 0 Å². The number of rotatable bonds is 7. The molecule has 1 aliphatic heterocycles. The number of hydrogen-bond acceptors (Lipinski definition) is 8. The van der Waals surface area contributed by atoms with Gasteiger partial charge in [-0.05, 0) is 24.0 Å². The second-order valence-electron chi connectivity index (χ2n) is 7.95. The Morgan fingerprint density at radius 3 is 2.64 bits per heavy atom. The fourth-order valence-corrected chi connectivity index (χ4v) is 3.33. The van der Waals surface area contributed by atoms with Crippen LogP contribution in [0.1, 0.15) is 47.7 Å². The number of ether oxygens (including phenoxy) is 1. The van der Waals surface area contributed by atoms with E-state index in [9.17, 15) is 32.6 Å². The second kappa shape index (κ2) is 9.73. The maximum Gasteiger partial charge on any atom is 0.547 e. The third-order valence-electron chi connectivity index (χ3n) is 4.70. The highest BCUT2D eigenvalue weighted by Crippen LogP contribution is 2.31. The third kappa shape index (κ3) is 6.40. The highest BCUT2D eigenvalue weighted by Gasteiger charge is 2.40. The van der Waals surface area contributed by atoms with Gasteiger partial charge >= 0.3 is 25.1 Å². The van der Waals surface area contributed by atoms with Gasteiger partial charge in [-0.3, -0.25) is 4.79 Å². The van der Waals surface area contributed by atoms with Crippen LogP contribution in [0.15, 0.2) is 31.8 Å². The molecule has 2 aromatic rings. The van der Waals surface area contributed by atoms with E-state index >= 15 is 0 Å². The molecule has 3 rings (SSSR count). The third-order valence-corrected chi connectivity index (χ3v) is 4.70. The van der Waals surface area contributed by atoms with Gasteiger partial charge in [0.1, 0.15) is 17.7 Å². The highest BCUT2D eigenvalue weighted by molar-refractivity contribution is 6.47. The molecular formula is C20H21BF3NO8. The standard InChI is InChI=1S/C20H21BF3NO8/c1-10(2)6-13-14(32-19(28)31-13)9-30-18(27)12-5-3-4-11-7-15(21(29)33-17(11)12)25-16(26)8-20(22,23)24/h3-5,10,15,29H,6-9H2,1-2H3,(H,25,26)/t15-/m0/s1. The number of amides is 1. The first-order valence-corrected chi connectivity index (χ1v) is 10.0. The van der Waals surface area contributed by atoms with E-state index in [4.69, 9.17) is 18.2 Å². The number of benzene rings is 1. The number of esters is 1. The molecule has 1 atom stereocenters. The monoisotopic (exact) mass is 471 g/mol. The van der Waals surface area contributed by atoms with Gasteiger partial charge in [-0.2, -0.15) is 13.2 Å². The Bertz CT molecular complexity index is 1080. The van der Waals surface area contributed by atoms with E-state index in [0.717, 1.165) is 0 Å². The lowest BCUT2D eigenvalue weighted by atomic mass is 9.72. The average molecular weight is 471 g/mol. The molecule has 0 radical (unpaired) electrons. The van der Waals surface area contributed by atoms with E-state index in [2.05, 4.69) is 5.32 Å². The summed E-state index contributed by atoms with van der Waals surface area (Å²) in [5.41, 5.74) is 0.324. The van der Waals surface area contributed by atoms with Crippen LogP contribution < -0.4 is 15.8 Å². The van der Waals surface area contributed by atoms with Gasteiger partial charge in [0.15, 0.2) is 18.1 Å². The van der Waals surface area contributed by atoms with E-state index in [-0.39, 0.29) is 41.8 Å². The van der Waals surface area contributed by atoms with Crippen LogP contribution in [-0.4, -0.2) is 36.1 Å². The Kier molecular flexibility index (Phi) is 7.20. The molecule has 0 fully saturated rings. The quantitative estimate of drug-likeness (QED) is 0.465. The van der Waals surface area contributed by atoms with Gasteiger partial charge in [-0.25, -0.2) is 9.59 Å². The van der Waals surface area contributed by atoms with Gasteiger partial charge in [0.25, 0.3) is 0 Å². The van der Waals surface area contributed by atoms with E-state index in [1.807, 2.05) is 13.8 Å².